The Kier molecular flexibility index (Phi) is 5.92. The molecule has 136 valence electrons. The van der Waals surface area contributed by atoms with E-state index in [1.165, 1.54) is 0 Å². The summed E-state index contributed by atoms with van der Waals surface area (Å²) < 4.78 is 5.54. The summed E-state index contributed by atoms with van der Waals surface area (Å²) in [5.41, 5.74) is 0.0314. The van der Waals surface area contributed by atoms with Gasteiger partial charge in [0, 0.05) is 58.6 Å². The number of hydrogen-bond donors (Lipinski definition) is 2. The Bertz CT molecular complexity index is 742. The first-order valence-corrected chi connectivity index (χ1v) is 9.00. The molecule has 1 aliphatic heterocycles. The Hall–Kier alpha value is -2.51. The lowest BCUT2D eigenvalue weighted by molar-refractivity contribution is 0.509. The number of nitrogens with one attached hydrogen (secondary N) is 2. The molecule has 0 saturated heterocycles. The van der Waals surface area contributed by atoms with Crippen LogP contribution >= 0.6 is 0 Å². The molecule has 3 heterocycles. The van der Waals surface area contributed by atoms with Crippen molar-refractivity contribution in [3.8, 4) is 0 Å². The lowest BCUT2D eigenvalue weighted by Gasteiger charge is -2.12. The Balaban J connectivity index is 1.38. The Morgan fingerprint density at radius 1 is 1.20 bits per heavy atom. The van der Waals surface area contributed by atoms with E-state index < -0.39 is 0 Å². The minimum Gasteiger partial charge on any atom is -0.356 e. The van der Waals surface area contributed by atoms with Crippen molar-refractivity contribution in [2.45, 2.75) is 45.3 Å². The van der Waals surface area contributed by atoms with Crippen LogP contribution in [0.1, 0.15) is 25.1 Å². The van der Waals surface area contributed by atoms with Crippen LogP contribution in [0, 0.1) is 0 Å². The summed E-state index contributed by atoms with van der Waals surface area (Å²) in [6.45, 7) is 3.89. The van der Waals surface area contributed by atoms with Gasteiger partial charge < -0.3 is 15.2 Å². The summed E-state index contributed by atoms with van der Waals surface area (Å²) in [6.07, 6.45) is 8.03. The van der Waals surface area contributed by atoms with E-state index >= 15 is 0 Å². The van der Waals surface area contributed by atoms with Crippen LogP contribution in [0.5, 0.6) is 0 Å². The third-order valence-corrected chi connectivity index (χ3v) is 4.42. The average Bonchev–Trinajstić information content (AvgIpc) is 3.26. The van der Waals surface area contributed by atoms with E-state index in [4.69, 9.17) is 0 Å². The molecule has 0 bridgehead atoms. The normalized spacial score (nSPS) is 14.4. The molecule has 0 radical (unpaired) electrons. The molecule has 0 aromatic carbocycles. The van der Waals surface area contributed by atoms with Gasteiger partial charge in [0.1, 0.15) is 5.82 Å². The third-order valence-electron chi connectivity index (χ3n) is 4.42. The molecule has 8 nitrogen and oxygen atoms in total. The minimum atomic E-state index is 0.0314. The first kappa shape index (κ1) is 17.3. The first-order chi connectivity index (χ1) is 12.3. The predicted octanol–water partition coefficient (Wildman–Crippen LogP) is 0.438. The topological polar surface area (TPSA) is 81.2 Å². The van der Waals surface area contributed by atoms with Crippen LogP contribution in [0.25, 0.3) is 0 Å². The average molecular weight is 345 g/mol. The molecular weight excluding hydrogens is 318 g/mol. The van der Waals surface area contributed by atoms with Crippen LogP contribution in [0.15, 0.2) is 34.3 Å². The van der Waals surface area contributed by atoms with E-state index in [1.807, 2.05) is 29.1 Å². The summed E-state index contributed by atoms with van der Waals surface area (Å²) in [5, 5.41) is 11.0. The maximum Gasteiger partial charge on any atom is 0.345 e. The van der Waals surface area contributed by atoms with E-state index in [1.54, 1.807) is 11.7 Å². The van der Waals surface area contributed by atoms with Crippen LogP contribution in [0.4, 0.5) is 0 Å². The third kappa shape index (κ3) is 4.52. The van der Waals surface area contributed by atoms with Crippen molar-refractivity contribution in [2.24, 2.45) is 4.99 Å². The number of aryl methyl sites for hydroxylation is 2. The van der Waals surface area contributed by atoms with Crippen molar-refractivity contribution in [2.75, 3.05) is 20.1 Å². The second kappa shape index (κ2) is 8.55. The lowest BCUT2D eigenvalue weighted by Crippen LogP contribution is -2.39. The van der Waals surface area contributed by atoms with E-state index in [0.29, 0.717) is 6.54 Å². The van der Waals surface area contributed by atoms with Crippen molar-refractivity contribution in [1.29, 1.82) is 0 Å². The van der Waals surface area contributed by atoms with Gasteiger partial charge in [0.2, 0.25) is 0 Å². The minimum absolute atomic E-state index is 0.0314. The number of rotatable bonds is 7. The summed E-state index contributed by atoms with van der Waals surface area (Å²) in [7, 11) is 1.76. The van der Waals surface area contributed by atoms with Gasteiger partial charge in [0.15, 0.2) is 5.96 Å². The monoisotopic (exact) mass is 345 g/mol. The Morgan fingerprint density at radius 2 is 2.00 bits per heavy atom. The Labute approximate surface area is 147 Å². The van der Waals surface area contributed by atoms with Gasteiger partial charge >= 0.3 is 5.69 Å². The molecule has 0 amide bonds. The van der Waals surface area contributed by atoms with Crippen LogP contribution < -0.4 is 16.3 Å². The standard InChI is InChI=1S/C17H27N7O/c1-18-16(20-9-14-22-10-4-5-11-22)19-8-6-13-24-17(25)23-12-3-2-7-15(23)21-24/h4-5,10-11H,2-3,6-9,12-14H2,1H3,(H2,18,19,20). The van der Waals surface area contributed by atoms with Gasteiger partial charge in [-0.3, -0.25) is 9.56 Å². The highest BCUT2D eigenvalue weighted by molar-refractivity contribution is 5.79. The number of aromatic nitrogens is 4. The molecular formula is C17H27N7O. The zero-order valence-electron chi connectivity index (χ0n) is 14.8. The molecule has 2 aromatic rings. The van der Waals surface area contributed by atoms with Crippen molar-refractivity contribution in [3.63, 3.8) is 0 Å². The zero-order valence-corrected chi connectivity index (χ0v) is 14.8. The van der Waals surface area contributed by atoms with Crippen molar-refractivity contribution in [3.05, 3.63) is 40.8 Å². The van der Waals surface area contributed by atoms with Crippen LogP contribution in [0.2, 0.25) is 0 Å². The molecule has 0 aliphatic carbocycles. The fourth-order valence-electron chi connectivity index (χ4n) is 3.07. The zero-order chi connectivity index (χ0) is 17.5. The van der Waals surface area contributed by atoms with Crippen LogP contribution in [-0.2, 0) is 26.1 Å². The number of guanidine groups is 1. The molecule has 25 heavy (non-hydrogen) atoms. The highest BCUT2D eigenvalue weighted by Crippen LogP contribution is 2.09. The van der Waals surface area contributed by atoms with Gasteiger partial charge in [-0.05, 0) is 31.4 Å². The SMILES string of the molecule is CN=C(NCCCn1nc2n(c1=O)CCCC2)NCCn1cccc1. The molecule has 0 spiro atoms. The number of nitrogens with zero attached hydrogens (tertiary/aromatic N) is 5. The lowest BCUT2D eigenvalue weighted by atomic mass is 10.2. The first-order valence-electron chi connectivity index (χ1n) is 9.00. The molecule has 0 saturated carbocycles. The molecule has 0 unspecified atom stereocenters. The maximum atomic E-state index is 12.3. The van der Waals surface area contributed by atoms with Gasteiger partial charge in [0.05, 0.1) is 0 Å². The van der Waals surface area contributed by atoms with E-state index in [0.717, 1.165) is 63.6 Å². The second-order valence-electron chi connectivity index (χ2n) is 6.23. The molecule has 1 aliphatic rings. The quantitative estimate of drug-likeness (QED) is 0.433. The second-order valence-corrected chi connectivity index (χ2v) is 6.23. The van der Waals surface area contributed by atoms with E-state index in [-0.39, 0.29) is 5.69 Å². The Morgan fingerprint density at radius 3 is 2.76 bits per heavy atom. The summed E-state index contributed by atoms with van der Waals surface area (Å²) >= 11 is 0. The summed E-state index contributed by atoms with van der Waals surface area (Å²) in [6, 6.07) is 4.03. The number of fused-ring (bicyclic) bond motifs is 1. The molecule has 0 atom stereocenters. The van der Waals surface area contributed by atoms with Crippen molar-refractivity contribution >= 4 is 5.96 Å². The summed E-state index contributed by atoms with van der Waals surface area (Å²) in [5.74, 6) is 1.72. The van der Waals surface area contributed by atoms with Gasteiger partial charge in [-0.1, -0.05) is 0 Å². The van der Waals surface area contributed by atoms with Gasteiger partial charge in [-0.25, -0.2) is 9.48 Å². The fourth-order valence-corrected chi connectivity index (χ4v) is 3.07. The van der Waals surface area contributed by atoms with E-state index in [9.17, 15) is 4.79 Å². The molecule has 8 heteroatoms. The van der Waals surface area contributed by atoms with Crippen molar-refractivity contribution in [1.82, 2.24) is 29.5 Å². The van der Waals surface area contributed by atoms with Crippen LogP contribution in [0.3, 0.4) is 0 Å². The molecule has 3 rings (SSSR count). The van der Waals surface area contributed by atoms with Gasteiger partial charge in [0.25, 0.3) is 0 Å². The predicted molar refractivity (Wildman–Crippen MR) is 97.8 cm³/mol. The number of aliphatic imine (C=N–C) groups is 1. The summed E-state index contributed by atoms with van der Waals surface area (Å²) in [4.78, 5) is 16.5. The highest BCUT2D eigenvalue weighted by Gasteiger charge is 2.16. The smallest absolute Gasteiger partial charge is 0.345 e. The van der Waals surface area contributed by atoms with Crippen molar-refractivity contribution < 1.29 is 0 Å². The highest BCUT2D eigenvalue weighted by atomic mass is 16.2. The van der Waals surface area contributed by atoms with Gasteiger partial charge in [-0.2, -0.15) is 5.10 Å². The fraction of sp³-hybridized carbons (Fsp3) is 0.588. The van der Waals surface area contributed by atoms with E-state index in [2.05, 4.69) is 25.3 Å². The number of hydrogen-bond acceptors (Lipinski definition) is 3. The molecule has 0 fully saturated rings. The molecule has 2 aromatic heterocycles. The van der Waals surface area contributed by atoms with Crippen LogP contribution in [-0.4, -0.2) is 45.0 Å². The van der Waals surface area contributed by atoms with Gasteiger partial charge in [-0.15, -0.1) is 0 Å². The maximum absolute atomic E-state index is 12.3. The molecule has 2 N–H and O–H groups in total. The largest absolute Gasteiger partial charge is 0.356 e.